The lowest BCUT2D eigenvalue weighted by molar-refractivity contribution is 0.0326. The van der Waals surface area contributed by atoms with Crippen molar-refractivity contribution < 1.29 is 18.7 Å². The molecule has 4 nitrogen and oxygen atoms in total. The second kappa shape index (κ2) is 6.47. The fourth-order valence-corrected chi connectivity index (χ4v) is 2.04. The largest absolute Gasteiger partial charge is 0.387 e. The van der Waals surface area contributed by atoms with Gasteiger partial charge in [-0.1, -0.05) is 11.6 Å². The number of halogens is 3. The lowest BCUT2D eigenvalue weighted by atomic mass is 10.1. The Hall–Kier alpha value is -1.24. The molecular weight excluding hydrogens is 290 g/mol. The molecule has 7 heteroatoms. The van der Waals surface area contributed by atoms with Crippen LogP contribution in [0.15, 0.2) is 12.1 Å². The predicted octanol–water partition coefficient (Wildman–Crippen LogP) is 1.66. The molecule has 0 radical (unpaired) electrons. The Balaban J connectivity index is 2.75. The summed E-state index contributed by atoms with van der Waals surface area (Å²) in [4.78, 5) is 13.6. The topological polar surface area (TPSA) is 52.6 Å². The molecule has 112 valence electrons. The van der Waals surface area contributed by atoms with Gasteiger partial charge in [-0.3, -0.25) is 4.79 Å². The molecule has 2 N–H and O–H groups in total. The highest BCUT2D eigenvalue weighted by atomic mass is 35.5. The van der Waals surface area contributed by atoms with E-state index >= 15 is 0 Å². The molecule has 0 aliphatic carbocycles. The third kappa shape index (κ3) is 4.70. The van der Waals surface area contributed by atoms with E-state index in [0.717, 1.165) is 12.1 Å². The first-order valence-electron chi connectivity index (χ1n) is 5.92. The Morgan fingerprint density at radius 1 is 1.40 bits per heavy atom. The van der Waals surface area contributed by atoms with Crippen LogP contribution in [0.2, 0.25) is 5.02 Å². The SMILES string of the molecule is CN(C)CC(C)(O)CNC(=O)c1cc(F)c(F)cc1Cl. The van der Waals surface area contributed by atoms with E-state index in [-0.39, 0.29) is 17.1 Å². The Bertz CT molecular complexity index is 507. The lowest BCUT2D eigenvalue weighted by Gasteiger charge is -2.27. The average molecular weight is 307 g/mol. The van der Waals surface area contributed by atoms with E-state index < -0.39 is 23.1 Å². The first-order valence-corrected chi connectivity index (χ1v) is 6.30. The van der Waals surface area contributed by atoms with Gasteiger partial charge >= 0.3 is 0 Å². The summed E-state index contributed by atoms with van der Waals surface area (Å²) in [7, 11) is 3.56. The number of carbonyl (C=O) groups is 1. The van der Waals surface area contributed by atoms with Crippen LogP contribution in [0.25, 0.3) is 0 Å². The van der Waals surface area contributed by atoms with Gasteiger partial charge < -0.3 is 15.3 Å². The maximum absolute atomic E-state index is 13.1. The summed E-state index contributed by atoms with van der Waals surface area (Å²) in [5.41, 5.74) is -1.32. The number of nitrogens with zero attached hydrogens (tertiary/aromatic N) is 1. The standard InChI is InChI=1S/C13H17ClF2N2O2/c1-13(20,7-18(2)3)6-17-12(19)8-4-10(15)11(16)5-9(8)14/h4-5,20H,6-7H2,1-3H3,(H,17,19). The normalized spacial score (nSPS) is 14.2. The van der Waals surface area contributed by atoms with Gasteiger partial charge in [0.2, 0.25) is 0 Å². The van der Waals surface area contributed by atoms with E-state index in [1.807, 2.05) is 0 Å². The van der Waals surface area contributed by atoms with Crippen LogP contribution in [-0.4, -0.2) is 48.7 Å². The van der Waals surface area contributed by atoms with Gasteiger partial charge in [0.15, 0.2) is 11.6 Å². The van der Waals surface area contributed by atoms with Crippen molar-refractivity contribution in [3.05, 3.63) is 34.4 Å². The van der Waals surface area contributed by atoms with E-state index in [1.54, 1.807) is 25.9 Å². The number of carbonyl (C=O) groups excluding carboxylic acids is 1. The zero-order valence-corrected chi connectivity index (χ0v) is 12.3. The summed E-state index contributed by atoms with van der Waals surface area (Å²) < 4.78 is 26.0. The fraction of sp³-hybridized carbons (Fsp3) is 0.462. The smallest absolute Gasteiger partial charge is 0.253 e. The Morgan fingerprint density at radius 3 is 2.50 bits per heavy atom. The summed E-state index contributed by atoms with van der Waals surface area (Å²) >= 11 is 5.69. The van der Waals surface area contributed by atoms with Gasteiger partial charge in [-0.05, 0) is 33.2 Å². The summed E-state index contributed by atoms with van der Waals surface area (Å²) in [6, 6.07) is 1.47. The first-order chi connectivity index (χ1) is 9.12. The van der Waals surface area contributed by atoms with Crippen LogP contribution in [0.1, 0.15) is 17.3 Å². The number of aliphatic hydroxyl groups is 1. The molecule has 0 aliphatic heterocycles. The van der Waals surface area contributed by atoms with Crippen molar-refractivity contribution in [2.45, 2.75) is 12.5 Å². The van der Waals surface area contributed by atoms with Crippen molar-refractivity contribution in [1.82, 2.24) is 10.2 Å². The van der Waals surface area contributed by atoms with E-state index in [2.05, 4.69) is 5.32 Å². The molecule has 0 aliphatic rings. The molecule has 0 saturated carbocycles. The number of likely N-dealkylation sites (N-methyl/N-ethyl adjacent to an activating group) is 1. The molecule has 1 atom stereocenters. The van der Waals surface area contributed by atoms with Crippen molar-refractivity contribution in [1.29, 1.82) is 0 Å². The third-order valence-corrected chi connectivity index (χ3v) is 2.85. The van der Waals surface area contributed by atoms with E-state index in [4.69, 9.17) is 11.6 Å². The second-order valence-corrected chi connectivity index (χ2v) is 5.57. The maximum Gasteiger partial charge on any atom is 0.253 e. The molecule has 0 bridgehead atoms. The van der Waals surface area contributed by atoms with Crippen LogP contribution < -0.4 is 5.32 Å². The monoisotopic (exact) mass is 306 g/mol. The number of benzene rings is 1. The van der Waals surface area contributed by atoms with Gasteiger partial charge in [-0.2, -0.15) is 0 Å². The van der Waals surface area contributed by atoms with Crippen molar-refractivity contribution in [3.8, 4) is 0 Å². The van der Waals surface area contributed by atoms with Crippen molar-refractivity contribution in [2.24, 2.45) is 0 Å². The molecule has 1 rings (SSSR count). The molecule has 0 spiro atoms. The maximum atomic E-state index is 13.1. The van der Waals surface area contributed by atoms with Gasteiger partial charge in [-0.15, -0.1) is 0 Å². The van der Waals surface area contributed by atoms with Gasteiger partial charge in [-0.25, -0.2) is 8.78 Å². The third-order valence-electron chi connectivity index (χ3n) is 2.54. The molecular formula is C13H17ClF2N2O2. The van der Waals surface area contributed by atoms with Crippen LogP contribution in [0.3, 0.4) is 0 Å². The number of rotatable bonds is 5. The van der Waals surface area contributed by atoms with Crippen molar-refractivity contribution in [2.75, 3.05) is 27.2 Å². The summed E-state index contributed by atoms with van der Waals surface area (Å²) in [5, 5.41) is 12.3. The highest BCUT2D eigenvalue weighted by Crippen LogP contribution is 2.20. The molecule has 0 heterocycles. The van der Waals surface area contributed by atoms with Crippen LogP contribution >= 0.6 is 11.6 Å². The predicted molar refractivity (Wildman–Crippen MR) is 72.9 cm³/mol. The molecule has 20 heavy (non-hydrogen) atoms. The first kappa shape index (κ1) is 16.8. The van der Waals surface area contributed by atoms with E-state index in [1.165, 1.54) is 0 Å². The minimum absolute atomic E-state index is 0.0423. The zero-order chi connectivity index (χ0) is 15.5. The Morgan fingerprint density at radius 2 is 1.95 bits per heavy atom. The molecule has 1 aromatic carbocycles. The summed E-state index contributed by atoms with van der Waals surface area (Å²) in [6.07, 6.45) is 0. The zero-order valence-electron chi connectivity index (χ0n) is 11.5. The summed E-state index contributed by atoms with van der Waals surface area (Å²) in [5.74, 6) is -2.95. The average Bonchev–Trinajstić information content (AvgIpc) is 2.29. The van der Waals surface area contributed by atoms with Crippen molar-refractivity contribution in [3.63, 3.8) is 0 Å². The van der Waals surface area contributed by atoms with Crippen molar-refractivity contribution >= 4 is 17.5 Å². The van der Waals surface area contributed by atoms with Crippen LogP contribution in [-0.2, 0) is 0 Å². The fourth-order valence-electron chi connectivity index (χ4n) is 1.80. The molecule has 0 saturated heterocycles. The van der Waals surface area contributed by atoms with Gasteiger partial charge in [0.25, 0.3) is 5.91 Å². The molecule has 0 aromatic heterocycles. The second-order valence-electron chi connectivity index (χ2n) is 5.16. The molecule has 1 aromatic rings. The quantitative estimate of drug-likeness (QED) is 0.814. The highest BCUT2D eigenvalue weighted by Gasteiger charge is 2.23. The number of nitrogens with one attached hydrogen (secondary N) is 1. The minimum atomic E-state index is -1.15. The van der Waals surface area contributed by atoms with Crippen LogP contribution in [0.4, 0.5) is 8.78 Å². The molecule has 0 fully saturated rings. The highest BCUT2D eigenvalue weighted by molar-refractivity contribution is 6.33. The number of hydrogen-bond acceptors (Lipinski definition) is 3. The van der Waals surface area contributed by atoms with Crippen LogP contribution in [0.5, 0.6) is 0 Å². The van der Waals surface area contributed by atoms with E-state index in [0.29, 0.717) is 6.54 Å². The molecule has 1 unspecified atom stereocenters. The number of hydrogen-bond donors (Lipinski definition) is 2. The minimum Gasteiger partial charge on any atom is -0.387 e. The summed E-state index contributed by atoms with van der Waals surface area (Å²) in [6.45, 7) is 1.85. The number of amides is 1. The Labute approximate surface area is 121 Å². The molecule has 1 amide bonds. The Kier molecular flexibility index (Phi) is 5.44. The van der Waals surface area contributed by atoms with Gasteiger partial charge in [0.1, 0.15) is 0 Å². The van der Waals surface area contributed by atoms with Gasteiger partial charge in [0, 0.05) is 13.1 Å². The van der Waals surface area contributed by atoms with E-state index in [9.17, 15) is 18.7 Å². The van der Waals surface area contributed by atoms with Gasteiger partial charge in [0.05, 0.1) is 16.2 Å². The van der Waals surface area contributed by atoms with Crippen LogP contribution in [0, 0.1) is 11.6 Å². The lowest BCUT2D eigenvalue weighted by Crippen LogP contribution is -2.47.